The summed E-state index contributed by atoms with van der Waals surface area (Å²) >= 11 is 6.90. The molecule has 0 saturated carbocycles. The molecular weight excluding hydrogens is 606 g/mol. The van der Waals surface area contributed by atoms with Crippen molar-refractivity contribution in [3.05, 3.63) is 45.4 Å². The summed E-state index contributed by atoms with van der Waals surface area (Å²) in [6.45, 7) is 2.14. The number of benzene rings is 1. The Morgan fingerprint density at radius 3 is 2.56 bits per heavy atom. The second-order valence-corrected chi connectivity index (χ2v) is 11.3. The highest BCUT2D eigenvalue weighted by Crippen LogP contribution is 2.30. The summed E-state index contributed by atoms with van der Waals surface area (Å²) in [6, 6.07) is 6.90. The Hall–Kier alpha value is -3.30. The summed E-state index contributed by atoms with van der Waals surface area (Å²) in [5.41, 5.74) is -1.24. The lowest BCUT2D eigenvalue weighted by Crippen LogP contribution is -2.53. The van der Waals surface area contributed by atoms with Crippen LogP contribution >= 0.6 is 35.3 Å². The first kappa shape index (κ1) is 32.2. The Bertz CT molecular complexity index is 1360. The number of aliphatic carboxylic acids is 1. The van der Waals surface area contributed by atoms with Crippen molar-refractivity contribution < 1.29 is 42.9 Å². The zero-order chi connectivity index (χ0) is 29.2. The van der Waals surface area contributed by atoms with E-state index in [9.17, 15) is 29.1 Å². The van der Waals surface area contributed by atoms with Gasteiger partial charge in [-0.05, 0) is 44.2 Å². The van der Waals surface area contributed by atoms with Gasteiger partial charge in [-0.2, -0.15) is 0 Å². The molecule has 222 valence electrons. The molecule has 1 aromatic carbocycles. The number of rotatable bonds is 9. The van der Waals surface area contributed by atoms with Crippen LogP contribution in [0.15, 0.2) is 30.3 Å². The van der Waals surface area contributed by atoms with Gasteiger partial charge in [-0.3, -0.25) is 34.3 Å². The molecule has 0 bridgehead atoms. The molecule has 12 nitrogen and oxygen atoms in total. The molecule has 2 aliphatic heterocycles. The van der Waals surface area contributed by atoms with Gasteiger partial charge < -0.3 is 19.5 Å². The number of halogens is 3. The average molecular weight is 633 g/mol. The number of nitrogens with one attached hydrogen (secondary N) is 1. The van der Waals surface area contributed by atoms with Gasteiger partial charge in [-0.15, -0.1) is 23.7 Å². The maximum Gasteiger partial charge on any atom is 0.414 e. The summed E-state index contributed by atoms with van der Waals surface area (Å²) in [6.07, 6.45) is -1.90. The highest BCUT2D eigenvalue weighted by molar-refractivity contribution is 7.18. The van der Waals surface area contributed by atoms with Gasteiger partial charge in [0.2, 0.25) is 5.91 Å². The van der Waals surface area contributed by atoms with Crippen molar-refractivity contribution in [2.45, 2.75) is 25.5 Å². The van der Waals surface area contributed by atoms with Crippen molar-refractivity contribution in [2.24, 2.45) is 0 Å². The molecule has 2 fully saturated rings. The normalized spacial score (nSPS) is 17.2. The number of nitrogens with zero attached hydrogens (tertiary/aromatic N) is 3. The highest BCUT2D eigenvalue weighted by atomic mass is 35.5. The molecule has 41 heavy (non-hydrogen) atoms. The van der Waals surface area contributed by atoms with Gasteiger partial charge in [-0.25, -0.2) is 9.18 Å². The minimum Gasteiger partial charge on any atom is -0.480 e. The maximum absolute atomic E-state index is 15.1. The van der Waals surface area contributed by atoms with E-state index in [1.165, 1.54) is 43.0 Å². The van der Waals surface area contributed by atoms with Gasteiger partial charge in [0.1, 0.15) is 24.1 Å². The summed E-state index contributed by atoms with van der Waals surface area (Å²) in [4.78, 5) is 65.9. The molecule has 3 heterocycles. The maximum atomic E-state index is 15.1. The molecule has 0 radical (unpaired) electrons. The average Bonchev–Trinajstić information content (AvgIpc) is 3.50. The fourth-order valence-electron chi connectivity index (χ4n) is 4.02. The molecule has 2 saturated heterocycles. The molecule has 16 heteroatoms. The van der Waals surface area contributed by atoms with Gasteiger partial charge in [0, 0.05) is 12.2 Å². The molecule has 4 amide bonds. The summed E-state index contributed by atoms with van der Waals surface area (Å²) in [7, 11) is 0. The molecule has 1 aromatic heterocycles. The topological polar surface area (TPSA) is 146 Å². The molecule has 2 aromatic rings. The number of cyclic esters (lactones) is 1. The number of thiophene rings is 1. The number of carboxylic acid groups (broad SMARTS) is 1. The quantitative estimate of drug-likeness (QED) is 0.426. The van der Waals surface area contributed by atoms with Gasteiger partial charge in [0.25, 0.3) is 11.8 Å². The summed E-state index contributed by atoms with van der Waals surface area (Å²) < 4.78 is 25.9. The Morgan fingerprint density at radius 1 is 1.22 bits per heavy atom. The molecule has 1 atom stereocenters. The lowest BCUT2D eigenvalue weighted by atomic mass is 10.1. The minimum absolute atomic E-state index is 0. The number of ether oxygens (including phenoxy) is 2. The van der Waals surface area contributed by atoms with Crippen LogP contribution in [0, 0.1) is 5.82 Å². The Kier molecular flexibility index (Phi) is 10.3. The van der Waals surface area contributed by atoms with Crippen molar-refractivity contribution in [1.82, 2.24) is 10.2 Å². The van der Waals surface area contributed by atoms with Gasteiger partial charge in [0.05, 0.1) is 41.1 Å². The Morgan fingerprint density at radius 2 is 1.95 bits per heavy atom. The van der Waals surface area contributed by atoms with Crippen LogP contribution in [0.4, 0.5) is 20.6 Å². The van der Waals surface area contributed by atoms with E-state index in [-0.39, 0.29) is 55.1 Å². The van der Waals surface area contributed by atoms with Crippen LogP contribution in [-0.2, 0) is 23.9 Å². The van der Waals surface area contributed by atoms with Gasteiger partial charge in [0.15, 0.2) is 0 Å². The first-order valence-electron chi connectivity index (χ1n) is 12.1. The van der Waals surface area contributed by atoms with Crippen LogP contribution in [0.2, 0.25) is 4.34 Å². The first-order chi connectivity index (χ1) is 18.9. The van der Waals surface area contributed by atoms with Crippen molar-refractivity contribution >= 4 is 76.5 Å². The molecule has 2 aliphatic rings. The molecule has 0 unspecified atom stereocenters. The number of amides is 4. The van der Waals surface area contributed by atoms with Crippen molar-refractivity contribution in [1.29, 1.82) is 0 Å². The largest absolute Gasteiger partial charge is 0.480 e. The smallest absolute Gasteiger partial charge is 0.414 e. The molecular formula is C25H27Cl2FN4O8S. The summed E-state index contributed by atoms with van der Waals surface area (Å²) in [5.74, 6) is -3.76. The Labute approximate surface area is 249 Å². The number of carbonyl (C=O) groups is 5. The molecule has 0 aliphatic carbocycles. The highest BCUT2D eigenvalue weighted by Gasteiger charge is 2.38. The summed E-state index contributed by atoms with van der Waals surface area (Å²) in [5, 5.41) is 11.9. The lowest BCUT2D eigenvalue weighted by Gasteiger charge is -2.27. The van der Waals surface area contributed by atoms with E-state index in [1.807, 2.05) is 0 Å². The van der Waals surface area contributed by atoms with E-state index in [4.69, 9.17) is 21.1 Å². The second-order valence-electron chi connectivity index (χ2n) is 9.55. The predicted octanol–water partition coefficient (Wildman–Crippen LogP) is 2.77. The standard InChI is InChI=1S/C25H26ClFN4O8S.ClH/c1-25(2,23(35)36)28-10-20(32)31(22(34)18-5-6-19(26)40-18)12-15-11-30(24(37)39-15)17-4-3-14(9-16(17)27)29-7-8-38-13-21(29)33;/h3-6,9,15,28H,7-8,10-13H2,1-2H3,(H,35,36);1H/t15-;/m1./s1. The zero-order valence-electron chi connectivity index (χ0n) is 21.9. The third kappa shape index (κ3) is 7.32. The van der Waals surface area contributed by atoms with E-state index < -0.39 is 47.9 Å². The van der Waals surface area contributed by atoms with Crippen molar-refractivity contribution in [3.63, 3.8) is 0 Å². The number of carbonyl (C=O) groups excluding carboxylic acids is 4. The molecule has 2 N–H and O–H groups in total. The van der Waals surface area contributed by atoms with Gasteiger partial charge in [-0.1, -0.05) is 11.6 Å². The Balaban J connectivity index is 0.00000462. The minimum atomic E-state index is -1.46. The molecule has 0 spiro atoms. The van der Waals surface area contributed by atoms with Crippen molar-refractivity contribution in [2.75, 3.05) is 49.2 Å². The molecule has 4 rings (SSSR count). The van der Waals surface area contributed by atoms with Crippen LogP contribution in [0.3, 0.4) is 0 Å². The SMILES string of the molecule is CC(C)(NCC(=O)N(C[C@H]1CN(c2ccc(N3CCOCC3=O)cc2F)C(=O)O1)C(=O)c1ccc(Cl)s1)C(=O)O.Cl. The number of imide groups is 1. The first-order valence-corrected chi connectivity index (χ1v) is 13.3. The fourth-order valence-corrected chi connectivity index (χ4v) is 5.01. The number of hydrogen-bond donors (Lipinski definition) is 2. The van der Waals surface area contributed by atoms with Crippen LogP contribution < -0.4 is 15.1 Å². The monoisotopic (exact) mass is 632 g/mol. The third-order valence-corrected chi connectivity index (χ3v) is 7.55. The van der Waals surface area contributed by atoms with Crippen LogP contribution in [0.5, 0.6) is 0 Å². The van der Waals surface area contributed by atoms with Crippen LogP contribution in [0.1, 0.15) is 23.5 Å². The predicted molar refractivity (Wildman–Crippen MR) is 150 cm³/mol. The van der Waals surface area contributed by atoms with Crippen LogP contribution in [0.25, 0.3) is 0 Å². The van der Waals surface area contributed by atoms with E-state index in [0.717, 1.165) is 27.2 Å². The number of carboxylic acids is 1. The van der Waals surface area contributed by atoms with Crippen LogP contribution in [-0.4, -0.2) is 90.8 Å². The van der Waals surface area contributed by atoms with E-state index in [0.29, 0.717) is 16.6 Å². The number of anilines is 2. The lowest BCUT2D eigenvalue weighted by molar-refractivity contribution is -0.143. The third-order valence-electron chi connectivity index (χ3n) is 6.33. The number of hydrogen-bond acceptors (Lipinski definition) is 9. The van der Waals surface area contributed by atoms with Gasteiger partial charge >= 0.3 is 12.1 Å². The number of morpholine rings is 1. The second kappa shape index (κ2) is 13.1. The van der Waals surface area contributed by atoms with E-state index in [2.05, 4.69) is 5.32 Å². The fraction of sp³-hybridized carbons (Fsp3) is 0.400. The van der Waals surface area contributed by atoms with E-state index >= 15 is 4.39 Å². The van der Waals surface area contributed by atoms with Crippen molar-refractivity contribution in [3.8, 4) is 0 Å². The van der Waals surface area contributed by atoms with E-state index in [1.54, 1.807) is 0 Å². The zero-order valence-corrected chi connectivity index (χ0v) is 24.3.